The molecule has 1 aliphatic carbocycles. The molecule has 0 aromatic heterocycles. The maximum atomic E-state index is 11.7. The van der Waals surface area contributed by atoms with Gasteiger partial charge in [0.2, 0.25) is 10.0 Å². The molecule has 1 saturated carbocycles. The van der Waals surface area contributed by atoms with Crippen molar-refractivity contribution in [3.05, 3.63) is 0 Å². The van der Waals surface area contributed by atoms with Crippen molar-refractivity contribution in [2.45, 2.75) is 54.7 Å². The summed E-state index contributed by atoms with van der Waals surface area (Å²) in [5.74, 6) is 0. The first kappa shape index (κ1) is 33.8. The van der Waals surface area contributed by atoms with Crippen molar-refractivity contribution < 1.29 is 95.1 Å². The Hall–Kier alpha value is 1.81. The largest absolute Gasteiger partial charge is 1.00 e. The SMILES string of the molecule is CS(=O)(=O)NCCNC1NC(N)NC(NC2CC(SOO[O-])CCC2S(=O)(=O)[O-])N1.[Na+].[Na+]. The van der Waals surface area contributed by atoms with Crippen LogP contribution in [-0.2, 0) is 29.5 Å². The van der Waals surface area contributed by atoms with Crippen LogP contribution in [0.25, 0.3) is 0 Å². The summed E-state index contributed by atoms with van der Waals surface area (Å²) in [6.07, 6.45) is -0.142. The smallest absolute Gasteiger partial charge is 0.748 e. The second-order valence-corrected chi connectivity index (χ2v) is 11.4. The van der Waals surface area contributed by atoms with Crippen LogP contribution in [-0.4, -0.2) is 76.1 Å². The molecule has 15 nitrogen and oxygen atoms in total. The number of sulfonamides is 1. The fourth-order valence-electron chi connectivity index (χ4n) is 3.34. The maximum Gasteiger partial charge on any atom is 1.00 e. The average Bonchev–Trinajstić information content (AvgIpc) is 2.61. The second kappa shape index (κ2) is 15.8. The van der Waals surface area contributed by atoms with E-state index in [2.05, 4.69) is 40.7 Å². The van der Waals surface area contributed by atoms with Crippen LogP contribution in [0.2, 0.25) is 0 Å². The van der Waals surface area contributed by atoms with Gasteiger partial charge in [-0.25, -0.2) is 21.6 Å². The maximum absolute atomic E-state index is 11.7. The molecule has 1 saturated heterocycles. The summed E-state index contributed by atoms with van der Waals surface area (Å²) in [4.78, 5) is 0. The Labute approximate surface area is 236 Å². The van der Waals surface area contributed by atoms with Crippen LogP contribution in [0, 0.1) is 0 Å². The zero-order chi connectivity index (χ0) is 22.4. The van der Waals surface area contributed by atoms with Crippen LogP contribution in [0.3, 0.4) is 0 Å². The van der Waals surface area contributed by atoms with E-state index in [9.17, 15) is 26.6 Å². The van der Waals surface area contributed by atoms with E-state index in [4.69, 9.17) is 5.73 Å². The van der Waals surface area contributed by atoms with Gasteiger partial charge in [0, 0.05) is 36.4 Å². The summed E-state index contributed by atoms with van der Waals surface area (Å²) >= 11 is 0.775. The van der Waals surface area contributed by atoms with E-state index in [-0.39, 0.29) is 90.3 Å². The van der Waals surface area contributed by atoms with Crippen molar-refractivity contribution in [3.63, 3.8) is 0 Å². The Bertz CT molecular complexity index is 753. The van der Waals surface area contributed by atoms with Crippen molar-refractivity contribution in [1.29, 1.82) is 0 Å². The molecule has 178 valence electrons. The van der Waals surface area contributed by atoms with Crippen molar-refractivity contribution in [1.82, 2.24) is 31.3 Å². The summed E-state index contributed by atoms with van der Waals surface area (Å²) in [6, 6.07) is -0.739. The molecule has 8 N–H and O–H groups in total. The predicted molar refractivity (Wildman–Crippen MR) is 104 cm³/mol. The van der Waals surface area contributed by atoms with Crippen LogP contribution < -0.4 is 101 Å². The number of nitrogens with one attached hydrogen (secondary N) is 6. The van der Waals surface area contributed by atoms with Gasteiger partial charge in [-0.2, -0.15) is 4.33 Å². The molecule has 0 aromatic rings. The quantitative estimate of drug-likeness (QED) is 0.0323. The molecular weight excluding hydrogens is 512 g/mol. The summed E-state index contributed by atoms with van der Waals surface area (Å²) < 4.78 is 63.9. The fraction of sp³-hybridized carbons (Fsp3) is 1.00. The molecule has 2 fully saturated rings. The zero-order valence-electron chi connectivity index (χ0n) is 18.1. The van der Waals surface area contributed by atoms with E-state index >= 15 is 0 Å². The Balaban J connectivity index is 0.00000480. The molecular formula is C12H27N7Na2O8S3. The van der Waals surface area contributed by atoms with E-state index in [1.54, 1.807) is 0 Å². The molecule has 1 heterocycles. The van der Waals surface area contributed by atoms with Crippen LogP contribution in [0.5, 0.6) is 0 Å². The van der Waals surface area contributed by atoms with Crippen LogP contribution >= 0.6 is 12.0 Å². The van der Waals surface area contributed by atoms with E-state index in [0.29, 0.717) is 6.42 Å². The van der Waals surface area contributed by atoms with Gasteiger partial charge in [0.05, 0.1) is 21.6 Å². The number of rotatable bonds is 11. The van der Waals surface area contributed by atoms with Gasteiger partial charge in [-0.3, -0.25) is 31.6 Å². The van der Waals surface area contributed by atoms with Crippen LogP contribution in [0.15, 0.2) is 0 Å². The van der Waals surface area contributed by atoms with Crippen molar-refractivity contribution in [3.8, 4) is 0 Å². The third-order valence-electron chi connectivity index (χ3n) is 4.56. The minimum absolute atomic E-state index is 0. The summed E-state index contributed by atoms with van der Waals surface area (Å²) in [7, 11) is -7.87. The third-order valence-corrected chi connectivity index (χ3v) is 7.43. The first-order valence-corrected chi connectivity index (χ1v) is 13.2. The molecule has 0 aromatic carbocycles. The number of nitrogens with two attached hydrogens (primary N) is 1. The monoisotopic (exact) mass is 539 g/mol. The van der Waals surface area contributed by atoms with Gasteiger partial charge >= 0.3 is 59.1 Å². The van der Waals surface area contributed by atoms with Crippen molar-refractivity contribution in [2.75, 3.05) is 19.3 Å². The van der Waals surface area contributed by atoms with E-state index in [1.165, 1.54) is 0 Å². The van der Waals surface area contributed by atoms with Gasteiger partial charge < -0.3 is 15.5 Å². The van der Waals surface area contributed by atoms with Gasteiger partial charge in [0.1, 0.15) is 18.9 Å². The Kier molecular flexibility index (Phi) is 16.7. The summed E-state index contributed by atoms with van der Waals surface area (Å²) in [5, 5.41) is 26.9. The minimum atomic E-state index is -4.57. The van der Waals surface area contributed by atoms with Crippen molar-refractivity contribution in [2.24, 2.45) is 5.73 Å². The normalized spacial score (nSPS) is 31.4. The van der Waals surface area contributed by atoms with E-state index in [1.807, 2.05) is 0 Å². The molecule has 0 amide bonds. The first-order valence-electron chi connectivity index (χ1n) is 9.02. The molecule has 0 radical (unpaired) electrons. The zero-order valence-corrected chi connectivity index (χ0v) is 24.5. The van der Waals surface area contributed by atoms with Gasteiger partial charge in [-0.15, -0.1) is 0 Å². The van der Waals surface area contributed by atoms with Gasteiger partial charge in [-0.05, 0) is 19.3 Å². The Morgan fingerprint density at radius 1 is 1.09 bits per heavy atom. The molecule has 2 aliphatic rings. The Morgan fingerprint density at radius 3 is 2.34 bits per heavy atom. The molecule has 32 heavy (non-hydrogen) atoms. The number of hydrogen-bond acceptors (Lipinski definition) is 15. The third kappa shape index (κ3) is 12.7. The molecule has 6 unspecified atom stereocenters. The molecule has 20 heteroatoms. The van der Waals surface area contributed by atoms with Gasteiger partial charge in [0.15, 0.2) is 0 Å². The standard InChI is InChI=1S/C12H29N7O8S3.2Na/c1-29(21,22)15-5-4-14-11-17-10(13)18-12(19-11)16-8-6-7(28-27-26-20)2-3-9(8)30(23,24)25;;/h7-12,14-20H,2-6,13H2,1H3,(H,23,24,25);;/q;2*+1/p-2. The van der Waals surface area contributed by atoms with Crippen molar-refractivity contribution >= 4 is 32.2 Å². The molecule has 6 atom stereocenters. The molecule has 1 aliphatic heterocycles. The number of hydrogen-bond donors (Lipinski definition) is 7. The van der Waals surface area contributed by atoms with Gasteiger partial charge in [-0.1, -0.05) is 0 Å². The predicted octanol–water partition coefficient (Wildman–Crippen LogP) is -11.0. The van der Waals surface area contributed by atoms with E-state index in [0.717, 1.165) is 18.3 Å². The molecule has 2 rings (SSSR count). The topological polar surface area (TPSA) is 231 Å². The minimum Gasteiger partial charge on any atom is -0.748 e. The summed E-state index contributed by atoms with van der Waals surface area (Å²) in [5.41, 5.74) is 5.90. The van der Waals surface area contributed by atoms with E-state index < -0.39 is 50.3 Å². The molecule has 0 spiro atoms. The van der Waals surface area contributed by atoms with Crippen LogP contribution in [0.1, 0.15) is 19.3 Å². The fourth-order valence-corrected chi connectivity index (χ4v) is 5.49. The Morgan fingerprint density at radius 2 is 1.75 bits per heavy atom. The summed E-state index contributed by atoms with van der Waals surface area (Å²) in [6.45, 7) is 0.433. The molecule has 0 bridgehead atoms. The average molecular weight is 540 g/mol. The first-order chi connectivity index (χ1) is 14.0. The van der Waals surface area contributed by atoms with Gasteiger partial charge in [0.25, 0.3) is 0 Å². The van der Waals surface area contributed by atoms with Crippen LogP contribution in [0.4, 0.5) is 0 Å². The second-order valence-electron chi connectivity index (χ2n) is 6.94.